The molecule has 1 aliphatic heterocycles. The monoisotopic (exact) mass is 430 g/mol. The van der Waals surface area contributed by atoms with Gasteiger partial charge in [0.1, 0.15) is 5.82 Å². The number of hydrogen-bond acceptors (Lipinski definition) is 6. The molecule has 1 amide bonds. The van der Waals surface area contributed by atoms with Crippen LogP contribution in [0.2, 0.25) is 0 Å². The lowest BCUT2D eigenvalue weighted by molar-refractivity contribution is 0.0696. The number of fused-ring (bicyclic) bond motifs is 2. The van der Waals surface area contributed by atoms with E-state index in [0.29, 0.717) is 23.1 Å². The highest BCUT2D eigenvalue weighted by molar-refractivity contribution is 7.22. The van der Waals surface area contributed by atoms with Gasteiger partial charge in [0.25, 0.3) is 5.91 Å². The van der Waals surface area contributed by atoms with Crippen molar-refractivity contribution in [2.24, 2.45) is 0 Å². The summed E-state index contributed by atoms with van der Waals surface area (Å²) in [4.78, 5) is 35.0. The van der Waals surface area contributed by atoms with Crippen LogP contribution in [0.1, 0.15) is 31.8 Å². The minimum atomic E-state index is -1.00. The standard InChI is InChI=1S/C23H18N4O3S/c28-21(26-23-25-18-6-1-2-7-19(18)31-23)16-5-3-4-14-10-11-27(13-17(14)16)20-9-8-15(12-24-20)22(29)30/h1-9,12H,10-11,13H2,(H,29,30)(H,25,26,28). The molecule has 7 nitrogen and oxygen atoms in total. The van der Waals surface area contributed by atoms with Gasteiger partial charge in [0, 0.05) is 24.8 Å². The Kier molecular flexibility index (Phi) is 4.83. The number of carboxylic acids is 1. The largest absolute Gasteiger partial charge is 0.478 e. The molecule has 5 rings (SSSR count). The molecule has 0 radical (unpaired) electrons. The van der Waals surface area contributed by atoms with Crippen molar-refractivity contribution in [3.05, 3.63) is 83.0 Å². The van der Waals surface area contributed by atoms with Gasteiger partial charge in [-0.05, 0) is 47.9 Å². The summed E-state index contributed by atoms with van der Waals surface area (Å²) >= 11 is 1.45. The van der Waals surface area contributed by atoms with Crippen molar-refractivity contribution in [3.8, 4) is 0 Å². The summed E-state index contributed by atoms with van der Waals surface area (Å²) < 4.78 is 1.02. The zero-order valence-corrected chi connectivity index (χ0v) is 17.2. The second-order valence-corrected chi connectivity index (χ2v) is 8.30. The highest BCUT2D eigenvalue weighted by Crippen LogP contribution is 2.29. The van der Waals surface area contributed by atoms with E-state index >= 15 is 0 Å². The number of nitrogens with one attached hydrogen (secondary N) is 1. The number of hydrogen-bond donors (Lipinski definition) is 2. The number of rotatable bonds is 4. The number of pyridine rings is 1. The van der Waals surface area contributed by atoms with Gasteiger partial charge in [-0.15, -0.1) is 0 Å². The number of carbonyl (C=O) groups is 2. The minimum absolute atomic E-state index is 0.150. The van der Waals surface area contributed by atoms with E-state index in [0.717, 1.165) is 34.3 Å². The quantitative estimate of drug-likeness (QED) is 0.504. The Morgan fingerprint density at radius 1 is 1.06 bits per heavy atom. The van der Waals surface area contributed by atoms with Crippen LogP contribution in [0, 0.1) is 0 Å². The summed E-state index contributed by atoms with van der Waals surface area (Å²) in [6, 6.07) is 16.8. The number of thiazole rings is 1. The lowest BCUT2D eigenvalue weighted by Gasteiger charge is -2.31. The third-order valence-corrected chi connectivity index (χ3v) is 6.30. The maximum atomic E-state index is 13.1. The van der Waals surface area contributed by atoms with Crippen molar-refractivity contribution < 1.29 is 14.7 Å². The SMILES string of the molecule is O=C(O)c1ccc(N2CCc3cccc(C(=O)Nc4nc5ccccc5s4)c3C2)nc1. The number of amides is 1. The van der Waals surface area contributed by atoms with E-state index in [1.165, 1.54) is 17.5 Å². The molecule has 3 heterocycles. The van der Waals surface area contributed by atoms with Gasteiger partial charge in [-0.2, -0.15) is 0 Å². The minimum Gasteiger partial charge on any atom is -0.478 e. The zero-order chi connectivity index (χ0) is 21.4. The van der Waals surface area contributed by atoms with Crippen LogP contribution in [0.3, 0.4) is 0 Å². The topological polar surface area (TPSA) is 95.4 Å². The maximum Gasteiger partial charge on any atom is 0.337 e. The number of aromatic carboxylic acids is 1. The van der Waals surface area contributed by atoms with Gasteiger partial charge < -0.3 is 10.0 Å². The van der Waals surface area contributed by atoms with E-state index in [1.807, 2.05) is 42.5 Å². The number of carbonyl (C=O) groups excluding carboxylic acids is 1. The molecule has 0 spiro atoms. The predicted octanol–water partition coefficient (Wildman–Crippen LogP) is 4.20. The molecular formula is C23H18N4O3S. The second-order valence-electron chi connectivity index (χ2n) is 7.27. The highest BCUT2D eigenvalue weighted by atomic mass is 32.1. The zero-order valence-electron chi connectivity index (χ0n) is 16.4. The molecule has 0 saturated carbocycles. The Hall–Kier alpha value is -3.78. The van der Waals surface area contributed by atoms with Crippen LogP contribution in [0.25, 0.3) is 10.2 Å². The fourth-order valence-electron chi connectivity index (χ4n) is 3.78. The van der Waals surface area contributed by atoms with Crippen LogP contribution in [0.5, 0.6) is 0 Å². The van der Waals surface area contributed by atoms with E-state index < -0.39 is 5.97 Å². The predicted molar refractivity (Wildman–Crippen MR) is 120 cm³/mol. The molecule has 0 bridgehead atoms. The van der Waals surface area contributed by atoms with Crippen molar-refractivity contribution in [2.45, 2.75) is 13.0 Å². The Balaban J connectivity index is 1.40. The van der Waals surface area contributed by atoms with Crippen molar-refractivity contribution >= 4 is 44.4 Å². The molecule has 0 aliphatic carbocycles. The van der Waals surface area contributed by atoms with E-state index in [4.69, 9.17) is 5.11 Å². The highest BCUT2D eigenvalue weighted by Gasteiger charge is 2.23. The third kappa shape index (κ3) is 3.73. The molecule has 2 aromatic carbocycles. The first-order chi connectivity index (χ1) is 15.1. The number of anilines is 2. The fourth-order valence-corrected chi connectivity index (χ4v) is 4.64. The van der Waals surface area contributed by atoms with Crippen LogP contribution in [-0.4, -0.2) is 33.5 Å². The number of nitrogens with zero attached hydrogens (tertiary/aromatic N) is 3. The Morgan fingerprint density at radius 2 is 1.94 bits per heavy atom. The molecule has 0 atom stereocenters. The normalized spacial score (nSPS) is 13.1. The molecule has 0 unspecified atom stereocenters. The third-order valence-electron chi connectivity index (χ3n) is 5.35. The molecule has 2 aromatic heterocycles. The molecule has 0 saturated heterocycles. The van der Waals surface area contributed by atoms with E-state index in [-0.39, 0.29) is 11.5 Å². The van der Waals surface area contributed by atoms with Crippen molar-refractivity contribution in [1.29, 1.82) is 0 Å². The van der Waals surface area contributed by atoms with Gasteiger partial charge in [0.2, 0.25) is 0 Å². The van der Waals surface area contributed by atoms with Crippen LogP contribution < -0.4 is 10.2 Å². The fraction of sp³-hybridized carbons (Fsp3) is 0.130. The lowest BCUT2D eigenvalue weighted by atomic mass is 9.94. The first kappa shape index (κ1) is 19.2. The van der Waals surface area contributed by atoms with Crippen LogP contribution in [-0.2, 0) is 13.0 Å². The van der Waals surface area contributed by atoms with Crippen LogP contribution in [0.4, 0.5) is 10.9 Å². The molecule has 4 aromatic rings. The number of carboxylic acid groups (broad SMARTS) is 1. The Bertz CT molecular complexity index is 1270. The van der Waals surface area contributed by atoms with E-state index in [1.54, 1.807) is 12.1 Å². The van der Waals surface area contributed by atoms with Gasteiger partial charge >= 0.3 is 5.97 Å². The average Bonchev–Trinajstić information content (AvgIpc) is 3.20. The van der Waals surface area contributed by atoms with Crippen molar-refractivity contribution in [3.63, 3.8) is 0 Å². The van der Waals surface area contributed by atoms with Gasteiger partial charge in [-0.1, -0.05) is 35.6 Å². The summed E-state index contributed by atoms with van der Waals surface area (Å²) in [6.07, 6.45) is 2.14. The summed E-state index contributed by atoms with van der Waals surface area (Å²) in [5.41, 5.74) is 3.72. The molecular weight excluding hydrogens is 412 g/mol. The molecule has 154 valence electrons. The summed E-state index contributed by atoms with van der Waals surface area (Å²) in [5, 5.41) is 12.6. The van der Waals surface area contributed by atoms with Gasteiger partial charge in [0.15, 0.2) is 5.13 Å². The number of aromatic nitrogens is 2. The van der Waals surface area contributed by atoms with Crippen molar-refractivity contribution in [2.75, 3.05) is 16.8 Å². The van der Waals surface area contributed by atoms with E-state index in [9.17, 15) is 9.59 Å². The molecule has 0 fully saturated rings. The summed E-state index contributed by atoms with van der Waals surface area (Å²) in [7, 11) is 0. The first-order valence-corrected chi connectivity index (χ1v) is 10.6. The Labute approximate surface area is 182 Å². The summed E-state index contributed by atoms with van der Waals surface area (Å²) in [5.74, 6) is -0.499. The molecule has 1 aliphatic rings. The number of benzene rings is 2. The molecule has 8 heteroatoms. The van der Waals surface area contributed by atoms with E-state index in [2.05, 4.69) is 20.2 Å². The second kappa shape index (κ2) is 7.81. The average molecular weight is 430 g/mol. The smallest absolute Gasteiger partial charge is 0.337 e. The molecule has 2 N–H and O–H groups in total. The van der Waals surface area contributed by atoms with Gasteiger partial charge in [0.05, 0.1) is 15.8 Å². The van der Waals surface area contributed by atoms with Gasteiger partial charge in [-0.25, -0.2) is 14.8 Å². The maximum absolute atomic E-state index is 13.1. The Morgan fingerprint density at radius 3 is 2.71 bits per heavy atom. The summed E-state index contributed by atoms with van der Waals surface area (Å²) in [6.45, 7) is 1.27. The lowest BCUT2D eigenvalue weighted by Crippen LogP contribution is -2.32. The van der Waals surface area contributed by atoms with Crippen LogP contribution in [0.15, 0.2) is 60.8 Å². The first-order valence-electron chi connectivity index (χ1n) is 9.80. The van der Waals surface area contributed by atoms with Crippen molar-refractivity contribution in [1.82, 2.24) is 9.97 Å². The van der Waals surface area contributed by atoms with Gasteiger partial charge in [-0.3, -0.25) is 10.1 Å². The number of para-hydroxylation sites is 1. The van der Waals surface area contributed by atoms with Crippen LogP contribution >= 0.6 is 11.3 Å². The molecule has 31 heavy (non-hydrogen) atoms.